The van der Waals surface area contributed by atoms with Crippen LogP contribution in [0.5, 0.6) is 0 Å². The molecule has 0 rings (SSSR count). The van der Waals surface area contributed by atoms with Crippen molar-refractivity contribution >= 4 is 0 Å². The molecule has 0 spiro atoms. The van der Waals surface area contributed by atoms with Crippen molar-refractivity contribution < 1.29 is 13.2 Å². The quantitative estimate of drug-likeness (QED) is 0.589. The van der Waals surface area contributed by atoms with E-state index in [-0.39, 0.29) is 0 Å². The Morgan fingerprint density at radius 3 is 2.00 bits per heavy atom. The van der Waals surface area contributed by atoms with Gasteiger partial charge in [0.05, 0.1) is 5.57 Å². The molecular formula is C8H12F3N. The molecule has 0 fully saturated rings. The van der Waals surface area contributed by atoms with Gasteiger partial charge in [0, 0.05) is 19.8 Å². The van der Waals surface area contributed by atoms with Crippen LogP contribution in [0.15, 0.2) is 23.9 Å². The van der Waals surface area contributed by atoms with E-state index in [2.05, 4.69) is 6.58 Å². The lowest BCUT2D eigenvalue weighted by atomic mass is 10.2. The average molecular weight is 179 g/mol. The summed E-state index contributed by atoms with van der Waals surface area (Å²) in [6, 6.07) is 0. The molecule has 1 nitrogen and oxygen atoms in total. The number of hydrogen-bond acceptors (Lipinski definition) is 1. The van der Waals surface area contributed by atoms with Crippen LogP contribution in [0.3, 0.4) is 0 Å². The Balaban J connectivity index is 4.46. The highest BCUT2D eigenvalue weighted by molar-refractivity contribution is 5.22. The van der Waals surface area contributed by atoms with Crippen molar-refractivity contribution in [1.29, 1.82) is 0 Å². The van der Waals surface area contributed by atoms with Crippen molar-refractivity contribution in [2.24, 2.45) is 0 Å². The summed E-state index contributed by atoms with van der Waals surface area (Å²) in [7, 11) is 3.35. The first kappa shape index (κ1) is 11.1. The molecule has 12 heavy (non-hydrogen) atoms. The normalized spacial score (nSPS) is 13.0. The van der Waals surface area contributed by atoms with E-state index in [4.69, 9.17) is 0 Å². The summed E-state index contributed by atoms with van der Waals surface area (Å²) in [6.07, 6.45) is -3.31. The third kappa shape index (κ3) is 3.46. The van der Waals surface area contributed by atoms with Crippen molar-refractivity contribution in [3.8, 4) is 0 Å². The number of halogens is 3. The Labute approximate surface area is 70.2 Å². The third-order valence-electron chi connectivity index (χ3n) is 1.45. The van der Waals surface area contributed by atoms with Crippen LogP contribution in [-0.4, -0.2) is 25.2 Å². The van der Waals surface area contributed by atoms with Gasteiger partial charge >= 0.3 is 6.18 Å². The molecule has 0 aromatic rings. The highest BCUT2D eigenvalue weighted by atomic mass is 19.4. The van der Waals surface area contributed by atoms with E-state index >= 15 is 0 Å². The van der Waals surface area contributed by atoms with Gasteiger partial charge in [-0.2, -0.15) is 13.2 Å². The first-order valence-electron chi connectivity index (χ1n) is 3.37. The molecule has 0 saturated heterocycles. The first-order chi connectivity index (χ1) is 5.25. The van der Waals surface area contributed by atoms with E-state index in [1.54, 1.807) is 25.9 Å². The van der Waals surface area contributed by atoms with Crippen molar-refractivity contribution in [2.75, 3.05) is 14.1 Å². The maximum atomic E-state index is 11.9. The van der Waals surface area contributed by atoms with Gasteiger partial charge in [0.25, 0.3) is 0 Å². The minimum atomic E-state index is -4.32. The summed E-state index contributed by atoms with van der Waals surface area (Å²) in [6.45, 7) is 4.51. The minimum absolute atomic E-state index is 0.525. The van der Waals surface area contributed by atoms with Crippen LogP contribution < -0.4 is 0 Å². The predicted molar refractivity (Wildman–Crippen MR) is 42.6 cm³/mol. The Hall–Kier alpha value is -0.930. The van der Waals surface area contributed by atoms with Gasteiger partial charge < -0.3 is 4.90 Å². The Bertz CT molecular complexity index is 201. The van der Waals surface area contributed by atoms with Crippen LogP contribution in [0.4, 0.5) is 13.2 Å². The molecule has 0 amide bonds. The molecule has 0 unspecified atom stereocenters. The van der Waals surface area contributed by atoms with Gasteiger partial charge in [-0.15, -0.1) is 0 Å². The fourth-order valence-electron chi connectivity index (χ4n) is 0.463. The lowest BCUT2D eigenvalue weighted by Gasteiger charge is -2.14. The van der Waals surface area contributed by atoms with Crippen molar-refractivity contribution in [3.63, 3.8) is 0 Å². The average Bonchev–Trinajstić information content (AvgIpc) is 1.85. The van der Waals surface area contributed by atoms with Crippen LogP contribution in [0.1, 0.15) is 6.92 Å². The molecule has 4 heteroatoms. The van der Waals surface area contributed by atoms with E-state index in [1.807, 2.05) is 0 Å². The summed E-state index contributed by atoms with van der Waals surface area (Å²) < 4.78 is 35.7. The monoisotopic (exact) mass is 179 g/mol. The van der Waals surface area contributed by atoms with Crippen LogP contribution in [0.25, 0.3) is 0 Å². The van der Waals surface area contributed by atoms with E-state index in [1.165, 1.54) is 0 Å². The molecule has 0 aliphatic rings. The van der Waals surface area contributed by atoms with Crippen LogP contribution >= 0.6 is 0 Å². The molecular weight excluding hydrogens is 167 g/mol. The van der Waals surface area contributed by atoms with Gasteiger partial charge in [-0.25, -0.2) is 0 Å². The summed E-state index contributed by atoms with van der Waals surface area (Å²) in [5, 5.41) is 0. The zero-order chi connectivity index (χ0) is 9.94. The maximum absolute atomic E-state index is 11.9. The van der Waals surface area contributed by atoms with Crippen LogP contribution in [0.2, 0.25) is 0 Å². The second-order valence-electron chi connectivity index (χ2n) is 2.70. The lowest BCUT2D eigenvalue weighted by molar-refractivity contribution is -0.0879. The minimum Gasteiger partial charge on any atom is -0.381 e. The summed E-state index contributed by atoms with van der Waals surface area (Å²) in [5.41, 5.74) is -0.300. The molecule has 70 valence electrons. The molecule has 0 aromatic carbocycles. The second-order valence-corrected chi connectivity index (χ2v) is 2.70. The van der Waals surface area contributed by atoms with Crippen LogP contribution in [0, 0.1) is 0 Å². The predicted octanol–water partition coefficient (Wildman–Crippen LogP) is 2.57. The first-order valence-corrected chi connectivity index (χ1v) is 3.37. The van der Waals surface area contributed by atoms with Crippen molar-refractivity contribution in [1.82, 2.24) is 4.90 Å². The summed E-state index contributed by atoms with van der Waals surface area (Å²) >= 11 is 0. The molecule has 0 bridgehead atoms. The van der Waals surface area contributed by atoms with Gasteiger partial charge in [-0.3, -0.25) is 0 Å². The van der Waals surface area contributed by atoms with E-state index in [9.17, 15) is 13.2 Å². The van der Waals surface area contributed by atoms with Gasteiger partial charge in [-0.1, -0.05) is 6.58 Å². The van der Waals surface area contributed by atoms with E-state index in [0.29, 0.717) is 5.70 Å². The van der Waals surface area contributed by atoms with Gasteiger partial charge in [-0.05, 0) is 13.0 Å². The fraction of sp³-hybridized carbons (Fsp3) is 0.500. The Kier molecular flexibility index (Phi) is 3.36. The topological polar surface area (TPSA) is 3.24 Å². The second kappa shape index (κ2) is 3.65. The molecule has 0 saturated carbocycles. The van der Waals surface area contributed by atoms with E-state index < -0.39 is 11.7 Å². The number of hydrogen-bond donors (Lipinski definition) is 0. The molecule has 0 N–H and O–H groups in total. The van der Waals surface area contributed by atoms with Crippen LogP contribution in [-0.2, 0) is 0 Å². The van der Waals surface area contributed by atoms with E-state index in [0.717, 1.165) is 6.08 Å². The largest absolute Gasteiger partial charge is 0.415 e. The maximum Gasteiger partial charge on any atom is 0.415 e. The molecule has 0 aliphatic carbocycles. The zero-order valence-corrected chi connectivity index (χ0v) is 7.37. The van der Waals surface area contributed by atoms with Gasteiger partial charge in [0.15, 0.2) is 0 Å². The van der Waals surface area contributed by atoms with Crippen molar-refractivity contribution in [3.05, 3.63) is 23.9 Å². The molecule has 0 atom stereocenters. The zero-order valence-electron chi connectivity index (χ0n) is 7.37. The van der Waals surface area contributed by atoms with Gasteiger partial charge in [0.2, 0.25) is 0 Å². The Morgan fingerprint density at radius 2 is 1.75 bits per heavy atom. The third-order valence-corrected chi connectivity index (χ3v) is 1.45. The number of nitrogens with zero attached hydrogens (tertiary/aromatic N) is 1. The molecule has 0 aromatic heterocycles. The highest BCUT2D eigenvalue weighted by Gasteiger charge is 2.30. The molecule has 0 radical (unpaired) electrons. The SMILES string of the molecule is C=C(/C=C(/C)N(C)C)C(F)(F)F. The van der Waals surface area contributed by atoms with Gasteiger partial charge in [0.1, 0.15) is 0 Å². The molecule has 0 heterocycles. The summed E-state index contributed by atoms with van der Waals surface area (Å²) in [4.78, 5) is 1.59. The lowest BCUT2D eigenvalue weighted by Crippen LogP contribution is -2.13. The Morgan fingerprint density at radius 1 is 1.33 bits per heavy atom. The fourth-order valence-corrected chi connectivity index (χ4v) is 0.463. The number of rotatable bonds is 2. The smallest absolute Gasteiger partial charge is 0.381 e. The van der Waals surface area contributed by atoms with Crippen molar-refractivity contribution in [2.45, 2.75) is 13.1 Å². The number of allylic oxidation sites excluding steroid dienone is 3. The molecule has 0 aliphatic heterocycles. The number of alkyl halides is 3. The highest BCUT2D eigenvalue weighted by Crippen LogP contribution is 2.25. The standard InChI is InChI=1S/C8H12F3N/c1-6(8(9,10)11)5-7(2)12(3)4/h5H,1H2,2-4H3/b7-5-. The summed E-state index contributed by atoms with van der Waals surface area (Å²) in [5.74, 6) is 0.